The van der Waals surface area contributed by atoms with Crippen molar-refractivity contribution in [1.29, 1.82) is 0 Å². The first-order chi connectivity index (χ1) is 10.1. The molecule has 1 aliphatic heterocycles. The molecule has 2 amide bonds. The number of nitrogens with two attached hydrogens (primary N) is 1. The number of carbonyl (C=O) groups is 2. The molecule has 2 aromatic carbocycles. The van der Waals surface area contributed by atoms with Gasteiger partial charge in [-0.3, -0.25) is 14.5 Å². The van der Waals surface area contributed by atoms with E-state index in [1.807, 2.05) is 43.3 Å². The largest absolute Gasteiger partial charge is 0.368 e. The third kappa shape index (κ3) is 2.29. The highest BCUT2D eigenvalue weighted by molar-refractivity contribution is 6.11. The summed E-state index contributed by atoms with van der Waals surface area (Å²) in [5, 5.41) is 0. The third-order valence-corrected chi connectivity index (χ3v) is 3.82. The second-order valence-electron chi connectivity index (χ2n) is 5.29. The lowest BCUT2D eigenvalue weighted by molar-refractivity contribution is -0.119. The topological polar surface area (TPSA) is 63.4 Å². The maximum Gasteiger partial charge on any atom is 0.259 e. The maximum absolute atomic E-state index is 12.8. The van der Waals surface area contributed by atoms with Crippen LogP contribution in [-0.4, -0.2) is 17.9 Å². The van der Waals surface area contributed by atoms with E-state index in [0.717, 1.165) is 16.8 Å². The van der Waals surface area contributed by atoms with Crippen LogP contribution in [0.1, 0.15) is 21.5 Å². The van der Waals surface area contributed by atoms with Gasteiger partial charge in [-0.15, -0.1) is 0 Å². The molecule has 0 saturated heterocycles. The van der Waals surface area contributed by atoms with Crippen molar-refractivity contribution in [3.8, 4) is 0 Å². The fraction of sp³-hybridized carbons (Fsp3) is 0.176. The Morgan fingerprint density at radius 2 is 1.76 bits per heavy atom. The van der Waals surface area contributed by atoms with Gasteiger partial charge in [0.1, 0.15) is 6.04 Å². The molecule has 0 aliphatic carbocycles. The van der Waals surface area contributed by atoms with Crippen molar-refractivity contribution < 1.29 is 9.59 Å². The molecular formula is C17H16N2O2. The van der Waals surface area contributed by atoms with Gasteiger partial charge in [0.05, 0.1) is 0 Å². The van der Waals surface area contributed by atoms with Gasteiger partial charge in [-0.2, -0.15) is 0 Å². The Morgan fingerprint density at radius 1 is 1.10 bits per heavy atom. The smallest absolute Gasteiger partial charge is 0.259 e. The normalized spacial score (nSPS) is 16.6. The van der Waals surface area contributed by atoms with E-state index in [0.29, 0.717) is 12.0 Å². The van der Waals surface area contributed by atoms with Crippen molar-refractivity contribution in [2.75, 3.05) is 4.90 Å². The van der Waals surface area contributed by atoms with E-state index in [1.165, 1.54) is 4.90 Å². The van der Waals surface area contributed by atoms with Crippen LogP contribution in [0, 0.1) is 6.92 Å². The first-order valence-electron chi connectivity index (χ1n) is 6.85. The Labute approximate surface area is 123 Å². The summed E-state index contributed by atoms with van der Waals surface area (Å²) in [7, 11) is 0. The zero-order valence-electron chi connectivity index (χ0n) is 11.7. The van der Waals surface area contributed by atoms with Crippen LogP contribution in [0.15, 0.2) is 48.5 Å². The Hall–Kier alpha value is -2.62. The van der Waals surface area contributed by atoms with Gasteiger partial charge in [-0.05, 0) is 30.7 Å². The van der Waals surface area contributed by atoms with E-state index in [-0.39, 0.29) is 5.91 Å². The van der Waals surface area contributed by atoms with Crippen LogP contribution < -0.4 is 10.6 Å². The number of fused-ring (bicyclic) bond motifs is 1. The number of benzene rings is 2. The predicted octanol–water partition coefficient (Wildman–Crippen LogP) is 2.05. The second kappa shape index (κ2) is 5.05. The molecule has 0 fully saturated rings. The van der Waals surface area contributed by atoms with Crippen molar-refractivity contribution in [3.63, 3.8) is 0 Å². The molecule has 0 radical (unpaired) electrons. The van der Waals surface area contributed by atoms with E-state index < -0.39 is 11.9 Å². The fourth-order valence-electron chi connectivity index (χ4n) is 2.70. The second-order valence-corrected chi connectivity index (χ2v) is 5.29. The highest BCUT2D eigenvalue weighted by Crippen LogP contribution is 2.33. The van der Waals surface area contributed by atoms with Crippen molar-refractivity contribution >= 4 is 17.5 Å². The van der Waals surface area contributed by atoms with Crippen LogP contribution in [0.25, 0.3) is 0 Å². The molecule has 0 spiro atoms. The summed E-state index contributed by atoms with van der Waals surface area (Å²) >= 11 is 0. The highest BCUT2D eigenvalue weighted by Gasteiger charge is 2.37. The number of aryl methyl sites for hydroxylation is 1. The van der Waals surface area contributed by atoms with Crippen molar-refractivity contribution in [2.24, 2.45) is 5.73 Å². The molecule has 1 aliphatic rings. The van der Waals surface area contributed by atoms with E-state index in [4.69, 9.17) is 5.73 Å². The molecule has 0 unspecified atom stereocenters. The number of carbonyl (C=O) groups excluding carboxylic acids is 2. The third-order valence-electron chi connectivity index (χ3n) is 3.82. The lowest BCUT2D eigenvalue weighted by Gasteiger charge is -2.23. The molecule has 0 bridgehead atoms. The van der Waals surface area contributed by atoms with Crippen molar-refractivity contribution in [2.45, 2.75) is 19.4 Å². The molecule has 0 saturated carbocycles. The molecule has 1 atom stereocenters. The summed E-state index contributed by atoms with van der Waals surface area (Å²) in [5.41, 5.74) is 8.86. The molecule has 2 aromatic rings. The lowest BCUT2D eigenvalue weighted by atomic mass is 10.1. The van der Waals surface area contributed by atoms with Crippen LogP contribution >= 0.6 is 0 Å². The SMILES string of the molecule is Cc1ccc(C(=O)N2c3ccccc3C[C@H]2C(N)=O)cc1. The first kappa shape index (κ1) is 13.4. The number of para-hydroxylation sites is 1. The molecule has 3 rings (SSSR count). The summed E-state index contributed by atoms with van der Waals surface area (Å²) in [6.45, 7) is 1.96. The molecule has 0 aromatic heterocycles. The van der Waals surface area contributed by atoms with Crippen LogP contribution in [0.2, 0.25) is 0 Å². The number of anilines is 1. The summed E-state index contributed by atoms with van der Waals surface area (Å²) < 4.78 is 0. The van der Waals surface area contributed by atoms with E-state index in [1.54, 1.807) is 12.1 Å². The van der Waals surface area contributed by atoms with Gasteiger partial charge in [0, 0.05) is 17.7 Å². The van der Waals surface area contributed by atoms with Gasteiger partial charge in [0.15, 0.2) is 0 Å². The molecule has 4 nitrogen and oxygen atoms in total. The minimum Gasteiger partial charge on any atom is -0.368 e. The van der Waals surface area contributed by atoms with Gasteiger partial charge in [0.2, 0.25) is 5.91 Å². The zero-order valence-corrected chi connectivity index (χ0v) is 11.7. The van der Waals surface area contributed by atoms with E-state index >= 15 is 0 Å². The average Bonchev–Trinajstić information content (AvgIpc) is 2.87. The number of nitrogens with zero attached hydrogens (tertiary/aromatic N) is 1. The minimum atomic E-state index is -0.615. The monoisotopic (exact) mass is 280 g/mol. The van der Waals surface area contributed by atoms with Crippen LogP contribution in [0.4, 0.5) is 5.69 Å². The first-order valence-corrected chi connectivity index (χ1v) is 6.85. The Morgan fingerprint density at radius 3 is 2.43 bits per heavy atom. The molecule has 21 heavy (non-hydrogen) atoms. The van der Waals surface area contributed by atoms with Crippen LogP contribution in [0.5, 0.6) is 0 Å². The van der Waals surface area contributed by atoms with Gasteiger partial charge < -0.3 is 5.73 Å². The molecule has 2 N–H and O–H groups in total. The fourth-order valence-corrected chi connectivity index (χ4v) is 2.70. The van der Waals surface area contributed by atoms with Gasteiger partial charge in [-0.1, -0.05) is 35.9 Å². The van der Waals surface area contributed by atoms with Gasteiger partial charge in [0.25, 0.3) is 5.91 Å². The summed E-state index contributed by atoms with van der Waals surface area (Å²) in [5.74, 6) is -0.671. The molecular weight excluding hydrogens is 264 g/mol. The van der Waals surface area contributed by atoms with E-state index in [2.05, 4.69) is 0 Å². The standard InChI is InChI=1S/C17H16N2O2/c1-11-6-8-12(9-7-11)17(21)19-14-5-3-2-4-13(14)10-15(19)16(18)20/h2-9,15H,10H2,1H3,(H2,18,20)/t15-/m0/s1. The minimum absolute atomic E-state index is 0.191. The van der Waals surface area contributed by atoms with Crippen molar-refractivity contribution in [3.05, 3.63) is 65.2 Å². The summed E-state index contributed by atoms with van der Waals surface area (Å²) in [6, 6.07) is 14.2. The van der Waals surface area contributed by atoms with Gasteiger partial charge in [-0.25, -0.2) is 0 Å². The molecule has 1 heterocycles. The number of primary amides is 1. The van der Waals surface area contributed by atoms with E-state index in [9.17, 15) is 9.59 Å². The average molecular weight is 280 g/mol. The Bertz CT molecular complexity index is 707. The zero-order chi connectivity index (χ0) is 15.0. The Balaban J connectivity index is 2.03. The number of hydrogen-bond donors (Lipinski definition) is 1. The predicted molar refractivity (Wildman–Crippen MR) is 81.1 cm³/mol. The van der Waals surface area contributed by atoms with Crippen LogP contribution in [0.3, 0.4) is 0 Å². The molecule has 106 valence electrons. The Kier molecular flexibility index (Phi) is 3.22. The maximum atomic E-state index is 12.8. The quantitative estimate of drug-likeness (QED) is 0.915. The lowest BCUT2D eigenvalue weighted by Crippen LogP contribution is -2.46. The van der Waals surface area contributed by atoms with Crippen molar-refractivity contribution in [1.82, 2.24) is 0 Å². The van der Waals surface area contributed by atoms with Gasteiger partial charge >= 0.3 is 0 Å². The molecule has 4 heteroatoms. The number of rotatable bonds is 2. The number of hydrogen-bond acceptors (Lipinski definition) is 2. The highest BCUT2D eigenvalue weighted by atomic mass is 16.2. The van der Waals surface area contributed by atoms with Crippen LogP contribution in [-0.2, 0) is 11.2 Å². The summed E-state index contributed by atoms with van der Waals surface area (Å²) in [6.07, 6.45) is 0.475. The summed E-state index contributed by atoms with van der Waals surface area (Å²) in [4.78, 5) is 26.0. The number of amides is 2.